The number of anilines is 1. The molecule has 1 amide bonds. The third kappa shape index (κ3) is 2.58. The average molecular weight is 333 g/mol. The van der Waals surface area contributed by atoms with Gasteiger partial charge in [-0.05, 0) is 61.3 Å². The molecule has 1 atom stereocenters. The van der Waals surface area contributed by atoms with E-state index in [1.165, 1.54) is 0 Å². The number of hydrogen-bond acceptors (Lipinski definition) is 2. The van der Waals surface area contributed by atoms with Crippen LogP contribution in [0.4, 0.5) is 5.69 Å². The molecule has 2 aromatic rings. The predicted octanol–water partition coefficient (Wildman–Crippen LogP) is 3.68. The summed E-state index contributed by atoms with van der Waals surface area (Å²) in [6, 6.07) is 12.1. The molecular weight excluding hydrogens is 316 g/mol. The van der Waals surface area contributed by atoms with Crippen LogP contribution < -0.4 is 10.6 Å². The zero-order valence-electron chi connectivity index (χ0n) is 11.4. The van der Waals surface area contributed by atoms with Crippen molar-refractivity contribution in [1.29, 1.82) is 0 Å². The number of halogens is 1. The van der Waals surface area contributed by atoms with Gasteiger partial charge < -0.3 is 10.6 Å². The number of carbonyl (C=O) groups excluding carboxylic acids is 1. The number of rotatable bonds is 2. The van der Waals surface area contributed by atoms with Gasteiger partial charge in [0, 0.05) is 10.2 Å². The highest BCUT2D eigenvalue weighted by molar-refractivity contribution is 9.10. The quantitative estimate of drug-likeness (QED) is 0.880. The molecule has 1 heterocycles. The van der Waals surface area contributed by atoms with Gasteiger partial charge in [-0.2, -0.15) is 0 Å². The highest BCUT2D eigenvalue weighted by Crippen LogP contribution is 2.25. The molecule has 0 bridgehead atoms. The monoisotopic (exact) mass is 332 g/mol. The first-order chi connectivity index (χ1) is 9.57. The van der Waals surface area contributed by atoms with Gasteiger partial charge in [-0.15, -0.1) is 0 Å². The molecule has 0 radical (unpaired) electrons. The van der Waals surface area contributed by atoms with E-state index in [1.807, 2.05) is 37.3 Å². The molecule has 2 N–H and O–H groups in total. The molecule has 0 saturated carbocycles. The van der Waals surface area contributed by atoms with E-state index in [0.29, 0.717) is 0 Å². The van der Waals surface area contributed by atoms with E-state index in [-0.39, 0.29) is 5.91 Å². The molecule has 1 aliphatic heterocycles. The lowest BCUT2D eigenvalue weighted by molar-refractivity contribution is -0.121. The van der Waals surface area contributed by atoms with Gasteiger partial charge in [-0.1, -0.05) is 28.1 Å². The number of carbonyl (C=O) groups is 1. The molecule has 3 nitrogen and oxygen atoms in total. The molecule has 104 valence electrons. The van der Waals surface area contributed by atoms with Crippen LogP contribution >= 0.6 is 15.9 Å². The second kappa shape index (κ2) is 5.19. The summed E-state index contributed by atoms with van der Waals surface area (Å²) in [6.45, 7) is 2.88. The Hall–Kier alpha value is -1.39. The third-order valence-corrected chi connectivity index (χ3v) is 4.42. The zero-order valence-corrected chi connectivity index (χ0v) is 13.0. The van der Waals surface area contributed by atoms with Crippen LogP contribution in [-0.2, 0) is 4.79 Å². The Morgan fingerprint density at radius 2 is 2.00 bits per heavy atom. The van der Waals surface area contributed by atoms with Crippen molar-refractivity contribution in [3.8, 4) is 0 Å². The first kappa shape index (κ1) is 13.6. The second-order valence-corrected chi connectivity index (χ2v) is 6.44. The number of hydrogen-bond donors (Lipinski definition) is 2. The maximum absolute atomic E-state index is 12.3. The van der Waals surface area contributed by atoms with Crippen LogP contribution in [0.5, 0.6) is 0 Å². The fourth-order valence-electron chi connectivity index (χ4n) is 2.65. The van der Waals surface area contributed by atoms with Crippen LogP contribution in [0.3, 0.4) is 0 Å². The molecule has 3 rings (SSSR count). The summed E-state index contributed by atoms with van der Waals surface area (Å²) < 4.78 is 1.06. The zero-order chi connectivity index (χ0) is 14.2. The molecule has 0 aromatic heterocycles. The summed E-state index contributed by atoms with van der Waals surface area (Å²) in [5.74, 6) is 0.0476. The van der Waals surface area contributed by atoms with E-state index >= 15 is 0 Å². The first-order valence-corrected chi connectivity index (χ1v) is 7.62. The molecule has 0 spiro atoms. The fourth-order valence-corrected chi connectivity index (χ4v) is 3.03. The van der Waals surface area contributed by atoms with E-state index in [9.17, 15) is 4.79 Å². The Balaban J connectivity index is 1.84. The number of benzene rings is 2. The summed E-state index contributed by atoms with van der Waals surface area (Å²) in [7, 11) is 0. The van der Waals surface area contributed by atoms with Crippen molar-refractivity contribution in [2.75, 3.05) is 11.9 Å². The molecule has 1 fully saturated rings. The van der Waals surface area contributed by atoms with Gasteiger partial charge in [-0.3, -0.25) is 4.79 Å². The molecule has 20 heavy (non-hydrogen) atoms. The molecular formula is C16H17BrN2O. The van der Waals surface area contributed by atoms with Crippen LogP contribution in [0.25, 0.3) is 10.8 Å². The van der Waals surface area contributed by atoms with Crippen LogP contribution in [0, 0.1) is 0 Å². The Bertz CT molecular complexity index is 663. The first-order valence-electron chi connectivity index (χ1n) is 6.83. The SMILES string of the molecule is CC1(C(=O)Nc2ccc3cc(Br)ccc3c2)CCCN1. The highest BCUT2D eigenvalue weighted by atomic mass is 79.9. The summed E-state index contributed by atoms with van der Waals surface area (Å²) >= 11 is 3.46. The average Bonchev–Trinajstić information content (AvgIpc) is 2.87. The molecule has 1 aliphatic rings. The van der Waals surface area contributed by atoms with Gasteiger partial charge in [0.1, 0.15) is 0 Å². The predicted molar refractivity (Wildman–Crippen MR) is 85.9 cm³/mol. The topological polar surface area (TPSA) is 41.1 Å². The Labute approximate surface area is 126 Å². The molecule has 0 aliphatic carbocycles. The smallest absolute Gasteiger partial charge is 0.244 e. The maximum Gasteiger partial charge on any atom is 0.244 e. The standard InChI is InChI=1S/C16H17BrN2O/c1-16(7-2-8-18-16)15(20)19-14-6-4-11-9-13(17)5-3-12(11)10-14/h3-6,9-10,18H,2,7-8H2,1H3,(H,19,20). The van der Waals surface area contributed by atoms with E-state index in [1.54, 1.807) is 0 Å². The summed E-state index contributed by atoms with van der Waals surface area (Å²) in [5, 5.41) is 8.57. The van der Waals surface area contributed by atoms with Crippen molar-refractivity contribution in [3.63, 3.8) is 0 Å². The Kier molecular flexibility index (Phi) is 3.52. The lowest BCUT2D eigenvalue weighted by atomic mass is 9.99. The van der Waals surface area contributed by atoms with Gasteiger partial charge in [0.2, 0.25) is 5.91 Å². The summed E-state index contributed by atoms with van der Waals surface area (Å²) in [4.78, 5) is 12.3. The van der Waals surface area contributed by atoms with Crippen molar-refractivity contribution in [3.05, 3.63) is 40.9 Å². The number of nitrogens with one attached hydrogen (secondary N) is 2. The van der Waals surface area contributed by atoms with Crippen molar-refractivity contribution in [2.24, 2.45) is 0 Å². The number of fused-ring (bicyclic) bond motifs is 1. The van der Waals surface area contributed by atoms with Crippen molar-refractivity contribution < 1.29 is 4.79 Å². The van der Waals surface area contributed by atoms with Gasteiger partial charge in [0.15, 0.2) is 0 Å². The third-order valence-electron chi connectivity index (χ3n) is 3.93. The van der Waals surface area contributed by atoms with Gasteiger partial charge >= 0.3 is 0 Å². The van der Waals surface area contributed by atoms with Crippen molar-refractivity contribution in [1.82, 2.24) is 5.32 Å². The minimum atomic E-state index is -0.436. The van der Waals surface area contributed by atoms with Crippen LogP contribution in [0.2, 0.25) is 0 Å². The van der Waals surface area contributed by atoms with Crippen LogP contribution in [0.1, 0.15) is 19.8 Å². The van der Waals surface area contributed by atoms with Gasteiger partial charge in [0.05, 0.1) is 5.54 Å². The lowest BCUT2D eigenvalue weighted by Gasteiger charge is -2.23. The van der Waals surface area contributed by atoms with Crippen molar-refractivity contribution in [2.45, 2.75) is 25.3 Å². The molecule has 2 aromatic carbocycles. The molecule has 1 saturated heterocycles. The minimum Gasteiger partial charge on any atom is -0.324 e. The number of amides is 1. The summed E-state index contributed by atoms with van der Waals surface area (Å²) in [6.07, 6.45) is 1.94. The Morgan fingerprint density at radius 3 is 2.75 bits per heavy atom. The van der Waals surface area contributed by atoms with Crippen molar-refractivity contribution >= 4 is 38.3 Å². The summed E-state index contributed by atoms with van der Waals surface area (Å²) in [5.41, 5.74) is 0.411. The van der Waals surface area contributed by atoms with E-state index in [0.717, 1.165) is 40.3 Å². The molecule has 1 unspecified atom stereocenters. The molecule has 4 heteroatoms. The van der Waals surface area contributed by atoms with Crippen LogP contribution in [-0.4, -0.2) is 18.0 Å². The van der Waals surface area contributed by atoms with E-state index in [4.69, 9.17) is 0 Å². The maximum atomic E-state index is 12.3. The van der Waals surface area contributed by atoms with E-state index < -0.39 is 5.54 Å². The van der Waals surface area contributed by atoms with Gasteiger partial charge in [0.25, 0.3) is 0 Å². The van der Waals surface area contributed by atoms with Gasteiger partial charge in [-0.25, -0.2) is 0 Å². The fraction of sp³-hybridized carbons (Fsp3) is 0.312. The normalized spacial score (nSPS) is 22.1. The lowest BCUT2D eigenvalue weighted by Crippen LogP contribution is -2.47. The minimum absolute atomic E-state index is 0.0476. The largest absolute Gasteiger partial charge is 0.324 e. The second-order valence-electron chi connectivity index (χ2n) is 5.52. The van der Waals surface area contributed by atoms with E-state index in [2.05, 4.69) is 32.6 Å². The van der Waals surface area contributed by atoms with Crippen LogP contribution in [0.15, 0.2) is 40.9 Å². The Morgan fingerprint density at radius 1 is 1.25 bits per heavy atom. The highest BCUT2D eigenvalue weighted by Gasteiger charge is 2.35.